The van der Waals surface area contributed by atoms with Crippen LogP contribution in [0.4, 0.5) is 0 Å². The van der Waals surface area contributed by atoms with E-state index in [4.69, 9.17) is 5.11 Å². The number of nitrogens with zero attached hydrogens (tertiary/aromatic N) is 1. The fraction of sp³-hybridized carbons (Fsp3) is 0.263. The Hall–Kier alpha value is -2.62. The molecule has 0 heterocycles. The number of carboxylic acids is 1. The Morgan fingerprint density at radius 2 is 1.65 bits per heavy atom. The molecule has 0 aliphatic rings. The highest BCUT2D eigenvalue weighted by Gasteiger charge is 2.13. The molecule has 0 aromatic heterocycles. The van der Waals surface area contributed by atoms with Crippen LogP contribution in [0.5, 0.6) is 0 Å². The van der Waals surface area contributed by atoms with Gasteiger partial charge < -0.3 is 10.0 Å². The van der Waals surface area contributed by atoms with Gasteiger partial charge in [-0.25, -0.2) is 4.79 Å². The molecule has 120 valence electrons. The third-order valence-corrected chi connectivity index (χ3v) is 3.75. The molecule has 0 saturated carbocycles. The molecule has 0 aliphatic heterocycles. The van der Waals surface area contributed by atoms with Crippen LogP contribution in [0, 0.1) is 0 Å². The zero-order valence-electron chi connectivity index (χ0n) is 13.2. The predicted octanol–water partition coefficient (Wildman–Crippen LogP) is 3.48. The number of amides is 1. The molecule has 1 N–H and O–H groups in total. The third kappa shape index (κ3) is 4.95. The first-order valence-electron chi connectivity index (χ1n) is 7.70. The second-order valence-electron chi connectivity index (χ2n) is 5.56. The predicted molar refractivity (Wildman–Crippen MR) is 89.7 cm³/mol. The fourth-order valence-corrected chi connectivity index (χ4v) is 2.43. The number of unbranched alkanes of at least 4 members (excludes halogenated alkanes) is 1. The van der Waals surface area contributed by atoms with Gasteiger partial charge in [0, 0.05) is 19.2 Å². The van der Waals surface area contributed by atoms with E-state index in [-0.39, 0.29) is 11.5 Å². The lowest BCUT2D eigenvalue weighted by Gasteiger charge is -2.17. The normalized spacial score (nSPS) is 10.3. The average Bonchev–Trinajstić information content (AvgIpc) is 2.59. The van der Waals surface area contributed by atoms with Gasteiger partial charge in [0.2, 0.25) is 0 Å². The van der Waals surface area contributed by atoms with Crippen molar-refractivity contribution in [2.75, 3.05) is 13.6 Å². The van der Waals surface area contributed by atoms with Gasteiger partial charge in [-0.2, -0.15) is 0 Å². The Balaban J connectivity index is 1.83. The van der Waals surface area contributed by atoms with Crippen LogP contribution in [-0.4, -0.2) is 35.5 Å². The van der Waals surface area contributed by atoms with E-state index in [1.54, 1.807) is 24.1 Å². The Morgan fingerprint density at radius 3 is 2.35 bits per heavy atom. The van der Waals surface area contributed by atoms with Crippen LogP contribution < -0.4 is 0 Å². The maximum Gasteiger partial charge on any atom is 0.335 e. The molecule has 2 rings (SSSR count). The number of carboxylic acid groups (broad SMARTS) is 1. The first kappa shape index (κ1) is 16.7. The number of hydrogen-bond acceptors (Lipinski definition) is 2. The molecule has 2 aromatic carbocycles. The van der Waals surface area contributed by atoms with Crippen molar-refractivity contribution < 1.29 is 14.7 Å². The molecule has 0 bridgehead atoms. The van der Waals surface area contributed by atoms with Crippen LogP contribution in [0.3, 0.4) is 0 Å². The van der Waals surface area contributed by atoms with Gasteiger partial charge in [0.1, 0.15) is 0 Å². The van der Waals surface area contributed by atoms with Gasteiger partial charge in [0.05, 0.1) is 5.56 Å². The molecule has 0 unspecified atom stereocenters. The summed E-state index contributed by atoms with van der Waals surface area (Å²) in [6, 6.07) is 16.4. The quantitative estimate of drug-likeness (QED) is 0.796. The second kappa shape index (κ2) is 8.13. The number of aryl methyl sites for hydroxylation is 1. The first-order chi connectivity index (χ1) is 11.1. The maximum atomic E-state index is 12.3. The molecule has 4 heteroatoms. The van der Waals surface area contributed by atoms with E-state index in [0.29, 0.717) is 12.1 Å². The number of carbonyl (C=O) groups is 2. The molecule has 0 fully saturated rings. The highest BCUT2D eigenvalue weighted by molar-refractivity contribution is 5.97. The van der Waals surface area contributed by atoms with Crippen LogP contribution in [-0.2, 0) is 6.42 Å². The molecule has 1 amide bonds. The summed E-state index contributed by atoms with van der Waals surface area (Å²) in [7, 11) is 1.75. The van der Waals surface area contributed by atoms with E-state index in [1.807, 2.05) is 18.2 Å². The highest BCUT2D eigenvalue weighted by Crippen LogP contribution is 2.10. The first-order valence-corrected chi connectivity index (χ1v) is 7.70. The largest absolute Gasteiger partial charge is 0.478 e. The zero-order chi connectivity index (χ0) is 16.7. The summed E-state index contributed by atoms with van der Waals surface area (Å²) >= 11 is 0. The van der Waals surface area contributed by atoms with E-state index in [0.717, 1.165) is 19.3 Å². The van der Waals surface area contributed by atoms with Crippen LogP contribution in [0.15, 0.2) is 54.6 Å². The van der Waals surface area contributed by atoms with Crippen molar-refractivity contribution in [2.24, 2.45) is 0 Å². The smallest absolute Gasteiger partial charge is 0.335 e. The van der Waals surface area contributed by atoms with Crippen molar-refractivity contribution in [3.8, 4) is 0 Å². The Labute approximate surface area is 136 Å². The molecular weight excluding hydrogens is 290 g/mol. The van der Waals surface area contributed by atoms with Crippen molar-refractivity contribution in [1.29, 1.82) is 0 Å². The summed E-state index contributed by atoms with van der Waals surface area (Å²) in [5.74, 6) is -1.17. The average molecular weight is 311 g/mol. The van der Waals surface area contributed by atoms with Gasteiger partial charge in [-0.3, -0.25) is 4.79 Å². The Morgan fingerprint density at radius 1 is 0.957 bits per heavy atom. The van der Waals surface area contributed by atoms with Crippen LogP contribution in [0.2, 0.25) is 0 Å². The number of hydrogen-bond donors (Lipinski definition) is 1. The molecule has 0 saturated heterocycles. The third-order valence-electron chi connectivity index (χ3n) is 3.75. The summed E-state index contributed by atoms with van der Waals surface area (Å²) in [5, 5.41) is 8.99. The highest BCUT2D eigenvalue weighted by atomic mass is 16.4. The van der Waals surface area contributed by atoms with Crippen molar-refractivity contribution >= 4 is 11.9 Å². The number of rotatable bonds is 7. The van der Waals surface area contributed by atoms with E-state index < -0.39 is 5.97 Å². The molecule has 0 radical (unpaired) electrons. The molecule has 2 aromatic rings. The van der Waals surface area contributed by atoms with Gasteiger partial charge in [0.15, 0.2) is 0 Å². The van der Waals surface area contributed by atoms with Crippen molar-refractivity contribution in [3.63, 3.8) is 0 Å². The van der Waals surface area contributed by atoms with Gasteiger partial charge >= 0.3 is 5.97 Å². The molecule has 0 atom stereocenters. The van der Waals surface area contributed by atoms with Crippen molar-refractivity contribution in [1.82, 2.24) is 4.90 Å². The monoisotopic (exact) mass is 311 g/mol. The van der Waals surface area contributed by atoms with Crippen LogP contribution >= 0.6 is 0 Å². The minimum atomic E-state index is -1.02. The molecule has 0 spiro atoms. The molecule has 23 heavy (non-hydrogen) atoms. The summed E-state index contributed by atoms with van der Waals surface area (Å²) < 4.78 is 0. The lowest BCUT2D eigenvalue weighted by Crippen LogP contribution is -2.28. The summed E-state index contributed by atoms with van der Waals surface area (Å²) in [6.07, 6.45) is 2.92. The lowest BCUT2D eigenvalue weighted by atomic mass is 10.1. The topological polar surface area (TPSA) is 57.6 Å². The van der Waals surface area contributed by atoms with E-state index in [2.05, 4.69) is 12.1 Å². The number of benzene rings is 2. The van der Waals surface area contributed by atoms with Gasteiger partial charge in [-0.15, -0.1) is 0 Å². The SMILES string of the molecule is CN(CCCCc1ccccc1)C(=O)c1cccc(C(=O)O)c1. The van der Waals surface area contributed by atoms with E-state index in [1.165, 1.54) is 17.7 Å². The zero-order valence-corrected chi connectivity index (χ0v) is 13.2. The van der Waals surface area contributed by atoms with Crippen LogP contribution in [0.1, 0.15) is 39.1 Å². The van der Waals surface area contributed by atoms with Crippen molar-refractivity contribution in [3.05, 3.63) is 71.3 Å². The van der Waals surface area contributed by atoms with Gasteiger partial charge in [0.25, 0.3) is 5.91 Å². The summed E-state index contributed by atoms with van der Waals surface area (Å²) in [5.41, 5.74) is 1.85. The Bertz CT molecular complexity index is 667. The summed E-state index contributed by atoms with van der Waals surface area (Å²) in [6.45, 7) is 0.656. The molecule has 4 nitrogen and oxygen atoms in total. The second-order valence-corrected chi connectivity index (χ2v) is 5.56. The lowest BCUT2D eigenvalue weighted by molar-refractivity contribution is 0.0697. The molecular formula is C19H21NO3. The number of aromatic carboxylic acids is 1. The standard InChI is InChI=1S/C19H21NO3/c1-20(13-6-5-10-15-8-3-2-4-9-15)18(21)16-11-7-12-17(14-16)19(22)23/h2-4,7-9,11-12,14H,5-6,10,13H2,1H3,(H,22,23). The Kier molecular flexibility index (Phi) is 5.92. The van der Waals surface area contributed by atoms with Crippen LogP contribution in [0.25, 0.3) is 0 Å². The fourth-order valence-electron chi connectivity index (χ4n) is 2.43. The minimum absolute atomic E-state index is 0.133. The summed E-state index contributed by atoms with van der Waals surface area (Å²) in [4.78, 5) is 24.9. The van der Waals surface area contributed by atoms with E-state index in [9.17, 15) is 9.59 Å². The van der Waals surface area contributed by atoms with Gasteiger partial charge in [-0.05, 0) is 43.0 Å². The van der Waals surface area contributed by atoms with E-state index >= 15 is 0 Å². The van der Waals surface area contributed by atoms with Crippen molar-refractivity contribution in [2.45, 2.75) is 19.3 Å². The van der Waals surface area contributed by atoms with Gasteiger partial charge in [-0.1, -0.05) is 36.4 Å². The minimum Gasteiger partial charge on any atom is -0.478 e. The maximum absolute atomic E-state index is 12.3. The molecule has 0 aliphatic carbocycles. The number of carbonyl (C=O) groups excluding carboxylic acids is 1.